The van der Waals surface area contributed by atoms with E-state index in [1.54, 1.807) is 7.11 Å². The van der Waals surface area contributed by atoms with Crippen molar-refractivity contribution < 1.29 is 4.74 Å². The Morgan fingerprint density at radius 3 is 2.17 bits per heavy atom. The molecule has 12 heavy (non-hydrogen) atoms. The summed E-state index contributed by atoms with van der Waals surface area (Å²) in [6.07, 6.45) is 0. The highest BCUT2D eigenvalue weighted by Gasteiger charge is 2.10. The minimum Gasteiger partial charge on any atom is -0.495 e. The van der Waals surface area contributed by atoms with Gasteiger partial charge in [-0.05, 0) is 27.7 Å². The van der Waals surface area contributed by atoms with Gasteiger partial charge in [0.15, 0.2) is 0 Å². The molecule has 0 saturated carbocycles. The molecule has 2 nitrogen and oxygen atoms in total. The fraction of sp³-hybridized carbons (Fsp3) is 0.600. The van der Waals surface area contributed by atoms with Gasteiger partial charge < -0.3 is 9.30 Å². The monoisotopic (exact) mass is 167 g/mol. The van der Waals surface area contributed by atoms with Crippen LogP contribution in [0.5, 0.6) is 5.75 Å². The van der Waals surface area contributed by atoms with Gasteiger partial charge in [0.1, 0.15) is 5.75 Å². The SMILES string of the molecule is COc1cc(C)n(C(C)C)c1C. The second kappa shape index (κ2) is 3.21. The first-order valence-electron chi connectivity index (χ1n) is 4.30. The van der Waals surface area contributed by atoms with E-state index in [0.29, 0.717) is 6.04 Å². The van der Waals surface area contributed by atoms with Crippen LogP contribution in [-0.2, 0) is 0 Å². The first-order chi connectivity index (χ1) is 5.57. The Kier molecular flexibility index (Phi) is 2.46. The third kappa shape index (κ3) is 1.33. The van der Waals surface area contributed by atoms with Crippen LogP contribution in [0, 0.1) is 13.8 Å². The smallest absolute Gasteiger partial charge is 0.139 e. The van der Waals surface area contributed by atoms with Crippen LogP contribution in [0.1, 0.15) is 31.3 Å². The van der Waals surface area contributed by atoms with Crippen LogP contribution < -0.4 is 4.74 Å². The maximum absolute atomic E-state index is 5.24. The summed E-state index contributed by atoms with van der Waals surface area (Å²) in [6.45, 7) is 8.56. The summed E-state index contributed by atoms with van der Waals surface area (Å²) in [4.78, 5) is 0. The van der Waals surface area contributed by atoms with Crippen molar-refractivity contribution in [2.45, 2.75) is 33.7 Å². The summed E-state index contributed by atoms with van der Waals surface area (Å²) in [5, 5.41) is 0. The molecule has 0 saturated heterocycles. The predicted octanol–water partition coefficient (Wildman–Crippen LogP) is 2.69. The fourth-order valence-electron chi connectivity index (χ4n) is 1.75. The van der Waals surface area contributed by atoms with Gasteiger partial charge in [-0.25, -0.2) is 0 Å². The van der Waals surface area contributed by atoms with Crippen LogP contribution >= 0.6 is 0 Å². The van der Waals surface area contributed by atoms with Crippen LogP contribution in [0.3, 0.4) is 0 Å². The first kappa shape index (κ1) is 9.17. The van der Waals surface area contributed by atoms with Crippen molar-refractivity contribution in [3.63, 3.8) is 0 Å². The molecule has 2 heteroatoms. The summed E-state index contributed by atoms with van der Waals surface area (Å²) in [7, 11) is 1.71. The van der Waals surface area contributed by atoms with E-state index in [9.17, 15) is 0 Å². The van der Waals surface area contributed by atoms with E-state index in [1.165, 1.54) is 11.4 Å². The number of aromatic nitrogens is 1. The molecule has 0 bridgehead atoms. The van der Waals surface area contributed by atoms with Gasteiger partial charge in [0.25, 0.3) is 0 Å². The summed E-state index contributed by atoms with van der Waals surface area (Å²) >= 11 is 0. The molecule has 0 radical (unpaired) electrons. The van der Waals surface area contributed by atoms with Gasteiger partial charge in [-0.2, -0.15) is 0 Å². The van der Waals surface area contributed by atoms with E-state index < -0.39 is 0 Å². The number of methoxy groups -OCH3 is 1. The Labute approximate surface area is 74.2 Å². The van der Waals surface area contributed by atoms with Crippen molar-refractivity contribution in [3.05, 3.63) is 17.5 Å². The Balaban J connectivity index is 3.19. The standard InChI is InChI=1S/C10H17NO/c1-7(2)11-8(3)6-10(12-5)9(11)4/h6-7H,1-5H3. The van der Waals surface area contributed by atoms with Crippen LogP contribution in [0.2, 0.25) is 0 Å². The van der Waals surface area contributed by atoms with Gasteiger partial charge in [-0.1, -0.05) is 0 Å². The van der Waals surface area contributed by atoms with Crippen molar-refractivity contribution in [1.29, 1.82) is 0 Å². The molecule has 0 aliphatic rings. The number of nitrogens with zero attached hydrogens (tertiary/aromatic N) is 1. The normalized spacial score (nSPS) is 10.8. The highest BCUT2D eigenvalue weighted by Crippen LogP contribution is 2.25. The molecule has 0 amide bonds. The molecule has 1 aromatic rings. The van der Waals surface area contributed by atoms with Crippen LogP contribution in [0.4, 0.5) is 0 Å². The molecule has 1 aromatic heterocycles. The predicted molar refractivity (Wildman–Crippen MR) is 50.8 cm³/mol. The number of ether oxygens (including phenoxy) is 1. The molecule has 0 aliphatic heterocycles. The zero-order chi connectivity index (χ0) is 9.30. The molecule has 0 aromatic carbocycles. The highest BCUT2D eigenvalue weighted by atomic mass is 16.5. The quantitative estimate of drug-likeness (QED) is 0.660. The molecule has 0 unspecified atom stereocenters. The number of rotatable bonds is 2. The second-order valence-electron chi connectivity index (χ2n) is 3.40. The Bertz CT molecular complexity index is 274. The molecule has 0 spiro atoms. The second-order valence-corrected chi connectivity index (χ2v) is 3.40. The minimum absolute atomic E-state index is 0.508. The number of hydrogen-bond acceptors (Lipinski definition) is 1. The lowest BCUT2D eigenvalue weighted by atomic mass is 10.3. The highest BCUT2D eigenvalue weighted by molar-refractivity contribution is 5.33. The molecule has 0 fully saturated rings. The van der Waals surface area contributed by atoms with Crippen LogP contribution in [0.25, 0.3) is 0 Å². The third-order valence-corrected chi connectivity index (χ3v) is 2.17. The molecule has 1 rings (SSSR count). The molecule has 0 N–H and O–H groups in total. The topological polar surface area (TPSA) is 14.2 Å². The minimum atomic E-state index is 0.508. The van der Waals surface area contributed by atoms with Crippen molar-refractivity contribution in [2.75, 3.05) is 7.11 Å². The van der Waals surface area contributed by atoms with Crippen molar-refractivity contribution in [1.82, 2.24) is 4.57 Å². The van der Waals surface area contributed by atoms with Crippen molar-refractivity contribution in [2.24, 2.45) is 0 Å². The summed E-state index contributed by atoms with van der Waals surface area (Å²) in [6, 6.07) is 2.59. The van der Waals surface area contributed by atoms with Gasteiger partial charge >= 0.3 is 0 Å². The largest absolute Gasteiger partial charge is 0.495 e. The van der Waals surface area contributed by atoms with Gasteiger partial charge in [-0.3, -0.25) is 0 Å². The lowest BCUT2D eigenvalue weighted by molar-refractivity contribution is 0.408. The van der Waals surface area contributed by atoms with Crippen molar-refractivity contribution >= 4 is 0 Å². The molecule has 0 aliphatic carbocycles. The summed E-state index contributed by atoms with van der Waals surface area (Å²) < 4.78 is 7.51. The first-order valence-corrected chi connectivity index (χ1v) is 4.30. The lowest BCUT2D eigenvalue weighted by Gasteiger charge is -2.12. The van der Waals surface area contributed by atoms with E-state index in [1.807, 2.05) is 0 Å². The number of aryl methyl sites for hydroxylation is 1. The van der Waals surface area contributed by atoms with Gasteiger partial charge in [0, 0.05) is 17.8 Å². The molecular formula is C10H17NO. The van der Waals surface area contributed by atoms with Gasteiger partial charge in [-0.15, -0.1) is 0 Å². The lowest BCUT2D eigenvalue weighted by Crippen LogP contribution is -2.04. The van der Waals surface area contributed by atoms with E-state index in [-0.39, 0.29) is 0 Å². The number of hydrogen-bond donors (Lipinski definition) is 0. The Morgan fingerprint density at radius 2 is 1.92 bits per heavy atom. The molecule has 1 heterocycles. The fourth-order valence-corrected chi connectivity index (χ4v) is 1.75. The average molecular weight is 167 g/mol. The average Bonchev–Trinajstić information content (AvgIpc) is 2.25. The Hall–Kier alpha value is -0.920. The molecule has 0 atom stereocenters. The zero-order valence-corrected chi connectivity index (χ0v) is 8.51. The van der Waals surface area contributed by atoms with E-state index in [0.717, 1.165) is 5.75 Å². The summed E-state index contributed by atoms with van der Waals surface area (Å²) in [5.74, 6) is 0.987. The maximum Gasteiger partial charge on any atom is 0.139 e. The summed E-state index contributed by atoms with van der Waals surface area (Å²) in [5.41, 5.74) is 2.48. The van der Waals surface area contributed by atoms with Crippen molar-refractivity contribution in [3.8, 4) is 5.75 Å². The van der Waals surface area contributed by atoms with Crippen LogP contribution in [-0.4, -0.2) is 11.7 Å². The van der Waals surface area contributed by atoms with E-state index >= 15 is 0 Å². The zero-order valence-electron chi connectivity index (χ0n) is 8.51. The Morgan fingerprint density at radius 1 is 1.33 bits per heavy atom. The third-order valence-electron chi connectivity index (χ3n) is 2.17. The van der Waals surface area contributed by atoms with Gasteiger partial charge in [0.05, 0.1) is 12.8 Å². The van der Waals surface area contributed by atoms with Gasteiger partial charge in [0.2, 0.25) is 0 Å². The van der Waals surface area contributed by atoms with E-state index in [2.05, 4.69) is 38.3 Å². The van der Waals surface area contributed by atoms with Crippen LogP contribution in [0.15, 0.2) is 6.07 Å². The van der Waals surface area contributed by atoms with E-state index in [4.69, 9.17) is 4.74 Å². The molecular weight excluding hydrogens is 150 g/mol. The maximum atomic E-state index is 5.24. The molecule has 68 valence electrons.